The Hall–Kier alpha value is -3.81. The van der Waals surface area contributed by atoms with E-state index in [0.29, 0.717) is 24.4 Å². The maximum atomic E-state index is 13.7. The van der Waals surface area contributed by atoms with E-state index >= 15 is 0 Å². The third-order valence-corrected chi connectivity index (χ3v) is 8.91. The highest BCUT2D eigenvalue weighted by molar-refractivity contribution is 7.92. The summed E-state index contributed by atoms with van der Waals surface area (Å²) in [6.45, 7) is 4.19. The highest BCUT2D eigenvalue weighted by Gasteiger charge is 2.35. The molecule has 4 rings (SSSR count). The molecule has 44 heavy (non-hydrogen) atoms. The number of anilines is 1. The molecule has 0 radical (unpaired) electrons. The fourth-order valence-electron chi connectivity index (χ4n) is 4.98. The van der Waals surface area contributed by atoms with E-state index in [2.05, 4.69) is 4.72 Å². The van der Waals surface area contributed by atoms with Crippen molar-refractivity contribution in [1.82, 2.24) is 9.80 Å². The summed E-state index contributed by atoms with van der Waals surface area (Å²) in [4.78, 5) is 17.1. The maximum Gasteiger partial charge on any atom is 0.416 e. The average Bonchev–Trinajstić information content (AvgIpc) is 2.98. The number of hydrogen-bond acceptors (Lipinski definition) is 7. The van der Waals surface area contributed by atoms with Gasteiger partial charge in [-0.2, -0.15) is 13.2 Å². The van der Waals surface area contributed by atoms with E-state index in [1.54, 1.807) is 26.1 Å². The number of carbonyl (C=O) groups excluding carboxylic acids is 1. The second kappa shape index (κ2) is 13.4. The Kier molecular flexibility index (Phi) is 10.1. The number of likely N-dealkylation sites (N-methyl/N-ethyl adjacent to an activating group) is 1. The molecule has 13 heteroatoms. The van der Waals surface area contributed by atoms with Gasteiger partial charge in [-0.25, -0.2) is 8.42 Å². The van der Waals surface area contributed by atoms with E-state index in [9.17, 15) is 31.5 Å². The minimum Gasteiger partial charge on any atom is -0.497 e. The minimum absolute atomic E-state index is 0.0233. The first-order valence-electron chi connectivity index (χ1n) is 14.0. The zero-order valence-corrected chi connectivity index (χ0v) is 25.7. The molecule has 0 saturated carbocycles. The van der Waals surface area contributed by atoms with Gasteiger partial charge in [0.15, 0.2) is 5.75 Å². The molecule has 238 valence electrons. The molecule has 3 aromatic rings. The number of alkyl halides is 3. The number of methoxy groups -OCH3 is 1. The molecule has 1 aliphatic heterocycles. The number of carbonyl (C=O) groups is 1. The molecule has 0 saturated heterocycles. The maximum absolute atomic E-state index is 13.7. The summed E-state index contributed by atoms with van der Waals surface area (Å²) in [5.41, 5.74) is 0.123. The third kappa shape index (κ3) is 7.63. The number of para-hydroxylation sites is 1. The van der Waals surface area contributed by atoms with Gasteiger partial charge in [0.2, 0.25) is 0 Å². The van der Waals surface area contributed by atoms with Gasteiger partial charge in [-0.15, -0.1) is 0 Å². The largest absolute Gasteiger partial charge is 0.497 e. The van der Waals surface area contributed by atoms with E-state index in [-0.39, 0.29) is 41.0 Å². The summed E-state index contributed by atoms with van der Waals surface area (Å²) in [6, 6.07) is 14.8. The minimum atomic E-state index is -4.43. The van der Waals surface area contributed by atoms with Crippen LogP contribution in [0, 0.1) is 5.92 Å². The summed E-state index contributed by atoms with van der Waals surface area (Å²) in [6.07, 6.45) is -5.00. The Morgan fingerprint density at radius 2 is 1.77 bits per heavy atom. The van der Waals surface area contributed by atoms with Crippen LogP contribution in [0.25, 0.3) is 0 Å². The number of aliphatic hydroxyl groups is 1. The molecule has 1 heterocycles. The zero-order valence-electron chi connectivity index (χ0n) is 24.8. The topological polar surface area (TPSA) is 108 Å². The number of nitrogens with one attached hydrogen (secondary N) is 1. The van der Waals surface area contributed by atoms with E-state index < -0.39 is 39.8 Å². The van der Waals surface area contributed by atoms with Gasteiger partial charge in [-0.1, -0.05) is 25.1 Å². The van der Waals surface area contributed by atoms with Crippen LogP contribution in [-0.2, 0) is 22.7 Å². The van der Waals surface area contributed by atoms with Crippen molar-refractivity contribution in [1.29, 1.82) is 0 Å². The summed E-state index contributed by atoms with van der Waals surface area (Å²) < 4.78 is 79.8. The van der Waals surface area contributed by atoms with E-state index in [1.807, 2.05) is 11.8 Å². The quantitative estimate of drug-likeness (QED) is 0.328. The van der Waals surface area contributed by atoms with Crippen LogP contribution in [-0.4, -0.2) is 75.2 Å². The third-order valence-electron chi connectivity index (χ3n) is 7.53. The second-order valence-electron chi connectivity index (χ2n) is 11.0. The van der Waals surface area contributed by atoms with Crippen LogP contribution in [0.1, 0.15) is 35.3 Å². The number of aliphatic hydroxyl groups excluding tert-OH is 1. The fraction of sp³-hybridized carbons (Fsp3) is 0.387. The van der Waals surface area contributed by atoms with Crippen LogP contribution < -0.4 is 14.2 Å². The number of ether oxygens (including phenoxy) is 2. The standard InChI is InChI=1S/C31H36F3N3O6S/c1-20-16-37(21(2)19-38)30(39)26-6-5-7-27(35-44(40,41)25-14-12-24(42-4)13-15-25)29(26)43-28(20)18-36(3)17-22-8-10-23(11-9-22)31(32,33)34/h5-15,20-21,28,35,38H,16-19H2,1-4H3/t20-,21-,28-/m0/s1. The lowest BCUT2D eigenvalue weighted by atomic mass is 9.99. The lowest BCUT2D eigenvalue weighted by Gasteiger charge is -2.38. The van der Waals surface area contributed by atoms with Crippen LogP contribution in [0.15, 0.2) is 71.6 Å². The van der Waals surface area contributed by atoms with Gasteiger partial charge in [-0.3, -0.25) is 14.4 Å². The van der Waals surface area contributed by atoms with Crippen molar-refractivity contribution < 1.29 is 41.0 Å². The van der Waals surface area contributed by atoms with Crippen LogP contribution in [0.2, 0.25) is 0 Å². The van der Waals surface area contributed by atoms with Gasteiger partial charge in [0, 0.05) is 25.6 Å². The Morgan fingerprint density at radius 1 is 1.11 bits per heavy atom. The molecular weight excluding hydrogens is 599 g/mol. The molecule has 0 fully saturated rings. The predicted molar refractivity (Wildman–Crippen MR) is 159 cm³/mol. The van der Waals surface area contributed by atoms with Crippen LogP contribution in [0.3, 0.4) is 0 Å². The normalized spacial score (nSPS) is 18.2. The fourth-order valence-corrected chi connectivity index (χ4v) is 6.05. The molecule has 1 amide bonds. The van der Waals surface area contributed by atoms with Crippen molar-refractivity contribution in [3.63, 3.8) is 0 Å². The summed E-state index contributed by atoms with van der Waals surface area (Å²) in [7, 11) is -0.829. The number of benzene rings is 3. The molecule has 0 aliphatic carbocycles. The van der Waals surface area contributed by atoms with Gasteiger partial charge < -0.3 is 19.5 Å². The highest BCUT2D eigenvalue weighted by Crippen LogP contribution is 2.36. The van der Waals surface area contributed by atoms with Crippen LogP contribution in [0.4, 0.5) is 18.9 Å². The van der Waals surface area contributed by atoms with Crippen molar-refractivity contribution >= 4 is 21.6 Å². The first kappa shape index (κ1) is 33.1. The van der Waals surface area contributed by atoms with Crippen molar-refractivity contribution in [3.05, 3.63) is 83.4 Å². The highest BCUT2D eigenvalue weighted by atomic mass is 32.2. The molecule has 1 aliphatic rings. The van der Waals surface area contributed by atoms with Gasteiger partial charge >= 0.3 is 6.18 Å². The van der Waals surface area contributed by atoms with Crippen molar-refractivity contribution in [2.75, 3.05) is 38.6 Å². The molecule has 0 bridgehead atoms. The Balaban J connectivity index is 1.66. The molecular formula is C31H36F3N3O6S. The molecule has 0 unspecified atom stereocenters. The summed E-state index contributed by atoms with van der Waals surface area (Å²) >= 11 is 0. The Bertz CT molecular complexity index is 1550. The number of nitrogens with zero attached hydrogens (tertiary/aromatic N) is 2. The molecule has 3 atom stereocenters. The number of halogens is 3. The molecule has 9 nitrogen and oxygen atoms in total. The monoisotopic (exact) mass is 635 g/mol. The smallest absolute Gasteiger partial charge is 0.416 e. The van der Waals surface area contributed by atoms with Gasteiger partial charge in [0.05, 0.1) is 41.5 Å². The molecule has 3 aromatic carbocycles. The van der Waals surface area contributed by atoms with Gasteiger partial charge in [0.25, 0.3) is 15.9 Å². The van der Waals surface area contributed by atoms with Crippen molar-refractivity contribution in [3.8, 4) is 11.5 Å². The van der Waals surface area contributed by atoms with E-state index in [1.165, 1.54) is 54.5 Å². The summed E-state index contributed by atoms with van der Waals surface area (Å²) in [5, 5.41) is 9.91. The lowest BCUT2D eigenvalue weighted by Crippen LogP contribution is -2.49. The van der Waals surface area contributed by atoms with Crippen molar-refractivity contribution in [2.45, 2.75) is 43.6 Å². The Labute approximate surface area is 255 Å². The molecule has 2 N–H and O–H groups in total. The number of hydrogen-bond donors (Lipinski definition) is 2. The average molecular weight is 636 g/mol. The molecule has 0 spiro atoms. The van der Waals surface area contributed by atoms with Crippen LogP contribution >= 0.6 is 0 Å². The predicted octanol–water partition coefficient (Wildman–Crippen LogP) is 4.87. The SMILES string of the molecule is COc1ccc(S(=O)(=O)Nc2cccc3c2O[C@@H](CN(C)Cc2ccc(C(F)(F)F)cc2)[C@@H](C)CN([C@@H](C)CO)C3=O)cc1. The number of rotatable bonds is 10. The first-order chi connectivity index (χ1) is 20.7. The summed E-state index contributed by atoms with van der Waals surface area (Å²) in [5.74, 6) is -0.167. The Morgan fingerprint density at radius 3 is 2.36 bits per heavy atom. The molecule has 0 aromatic heterocycles. The lowest BCUT2D eigenvalue weighted by molar-refractivity contribution is -0.137. The first-order valence-corrected chi connectivity index (χ1v) is 15.4. The van der Waals surface area contributed by atoms with Gasteiger partial charge in [-0.05, 0) is 68.1 Å². The van der Waals surface area contributed by atoms with Gasteiger partial charge in [0.1, 0.15) is 11.9 Å². The number of fused-ring (bicyclic) bond motifs is 1. The second-order valence-corrected chi connectivity index (χ2v) is 12.7. The van der Waals surface area contributed by atoms with Crippen LogP contribution in [0.5, 0.6) is 11.5 Å². The number of sulfonamides is 1. The number of amides is 1. The van der Waals surface area contributed by atoms with E-state index in [0.717, 1.165) is 12.1 Å². The van der Waals surface area contributed by atoms with Crippen molar-refractivity contribution in [2.24, 2.45) is 5.92 Å². The van der Waals surface area contributed by atoms with E-state index in [4.69, 9.17) is 9.47 Å². The zero-order chi connectivity index (χ0) is 32.2.